The van der Waals surface area contributed by atoms with E-state index in [-0.39, 0.29) is 17.4 Å². The van der Waals surface area contributed by atoms with Gasteiger partial charge >= 0.3 is 6.36 Å². The summed E-state index contributed by atoms with van der Waals surface area (Å²) in [4.78, 5) is 24.8. The zero-order chi connectivity index (χ0) is 23.3. The van der Waals surface area contributed by atoms with Crippen molar-refractivity contribution in [3.8, 4) is 5.75 Å². The topological polar surface area (TPSA) is 96.4 Å². The lowest BCUT2D eigenvalue weighted by atomic mass is 10.3. The summed E-state index contributed by atoms with van der Waals surface area (Å²) in [5.41, 5.74) is 0.536. The van der Waals surface area contributed by atoms with Crippen molar-refractivity contribution in [3.63, 3.8) is 0 Å². The highest BCUT2D eigenvalue weighted by Gasteiger charge is 2.31. The zero-order valence-electron chi connectivity index (χ0n) is 17.0. The number of thioether (sulfide) groups is 1. The number of nitrogens with one attached hydrogen (secondary N) is 1. The minimum atomic E-state index is -4.73. The SMILES string of the molecule is O=C(CSc1nnc(Nc2ccc(OC(F)(F)F)cc2)s1)N1CCN(c2cnccn2)CC1. The van der Waals surface area contributed by atoms with Crippen LogP contribution in [0.25, 0.3) is 0 Å². The minimum absolute atomic E-state index is 0.0174. The van der Waals surface area contributed by atoms with E-state index in [4.69, 9.17) is 0 Å². The highest BCUT2D eigenvalue weighted by molar-refractivity contribution is 8.01. The monoisotopic (exact) mass is 497 g/mol. The quantitative estimate of drug-likeness (QED) is 0.493. The van der Waals surface area contributed by atoms with Gasteiger partial charge in [-0.15, -0.1) is 23.4 Å². The Morgan fingerprint density at radius 2 is 1.88 bits per heavy atom. The standard InChI is InChI=1S/C19H18F3N7O2S2/c20-19(21,22)31-14-3-1-13(2-4-14)25-17-26-27-18(33-17)32-12-16(30)29-9-7-28(8-10-29)15-11-23-5-6-24-15/h1-6,11H,7-10,12H2,(H,25,26). The van der Waals surface area contributed by atoms with Crippen LogP contribution in [0.2, 0.25) is 0 Å². The summed E-state index contributed by atoms with van der Waals surface area (Å²) < 4.78 is 41.2. The van der Waals surface area contributed by atoms with E-state index in [0.29, 0.717) is 41.3 Å². The number of hydrogen-bond acceptors (Lipinski definition) is 10. The summed E-state index contributed by atoms with van der Waals surface area (Å²) in [6.07, 6.45) is 0.241. The van der Waals surface area contributed by atoms with Gasteiger partial charge in [0.1, 0.15) is 11.6 Å². The van der Waals surface area contributed by atoms with Crippen molar-refractivity contribution in [1.82, 2.24) is 25.1 Å². The van der Waals surface area contributed by atoms with Gasteiger partial charge < -0.3 is 19.9 Å². The highest BCUT2D eigenvalue weighted by atomic mass is 32.2. The van der Waals surface area contributed by atoms with Gasteiger partial charge in [-0.1, -0.05) is 23.1 Å². The lowest BCUT2D eigenvalue weighted by molar-refractivity contribution is -0.274. The molecule has 0 bridgehead atoms. The summed E-state index contributed by atoms with van der Waals surface area (Å²) in [6, 6.07) is 5.30. The molecule has 2 aromatic heterocycles. The summed E-state index contributed by atoms with van der Waals surface area (Å²) in [6.45, 7) is 2.59. The third-order valence-corrected chi connectivity index (χ3v) is 6.53. The molecule has 0 radical (unpaired) electrons. The summed E-state index contributed by atoms with van der Waals surface area (Å²) in [7, 11) is 0. The van der Waals surface area contributed by atoms with Crippen molar-refractivity contribution in [2.75, 3.05) is 42.1 Å². The van der Waals surface area contributed by atoms with Gasteiger partial charge in [-0.2, -0.15) is 0 Å². The molecule has 4 rings (SSSR count). The number of ether oxygens (including phenoxy) is 1. The molecule has 0 unspecified atom stereocenters. The Bertz CT molecular complexity index is 1060. The number of benzene rings is 1. The molecule has 1 fully saturated rings. The van der Waals surface area contributed by atoms with Gasteiger partial charge in [0.25, 0.3) is 0 Å². The summed E-state index contributed by atoms with van der Waals surface area (Å²) in [5, 5.41) is 11.5. The number of amides is 1. The molecule has 1 amide bonds. The summed E-state index contributed by atoms with van der Waals surface area (Å²) in [5.74, 6) is 0.750. The Morgan fingerprint density at radius 1 is 1.12 bits per heavy atom. The maximum atomic E-state index is 12.6. The molecule has 0 spiro atoms. The minimum Gasteiger partial charge on any atom is -0.406 e. The van der Waals surface area contributed by atoms with E-state index in [1.165, 1.54) is 47.4 Å². The molecule has 1 N–H and O–H groups in total. The van der Waals surface area contributed by atoms with Crippen molar-refractivity contribution < 1.29 is 22.7 Å². The first-order valence-corrected chi connectivity index (χ1v) is 11.5. The number of aromatic nitrogens is 4. The van der Waals surface area contributed by atoms with E-state index >= 15 is 0 Å². The Morgan fingerprint density at radius 3 is 2.55 bits per heavy atom. The van der Waals surface area contributed by atoms with Crippen LogP contribution in [-0.4, -0.2) is 69.3 Å². The first-order valence-electron chi connectivity index (χ1n) is 9.73. The average molecular weight is 498 g/mol. The molecule has 14 heteroatoms. The number of alkyl halides is 3. The number of halogens is 3. The third-order valence-electron chi connectivity index (χ3n) is 4.57. The Balaban J connectivity index is 1.22. The molecule has 1 aliphatic heterocycles. The fourth-order valence-electron chi connectivity index (χ4n) is 3.04. The first kappa shape index (κ1) is 23.0. The number of rotatable bonds is 7. The highest BCUT2D eigenvalue weighted by Crippen LogP contribution is 2.29. The van der Waals surface area contributed by atoms with E-state index < -0.39 is 6.36 Å². The van der Waals surface area contributed by atoms with Gasteiger partial charge in [-0.05, 0) is 24.3 Å². The number of carbonyl (C=O) groups is 1. The van der Waals surface area contributed by atoms with Gasteiger partial charge in [0.2, 0.25) is 11.0 Å². The Kier molecular flexibility index (Phi) is 7.13. The number of carbonyl (C=O) groups excluding carboxylic acids is 1. The lowest BCUT2D eigenvalue weighted by Gasteiger charge is -2.35. The van der Waals surface area contributed by atoms with E-state index in [9.17, 15) is 18.0 Å². The summed E-state index contributed by atoms with van der Waals surface area (Å²) >= 11 is 2.54. The molecule has 1 aromatic carbocycles. The van der Waals surface area contributed by atoms with Gasteiger partial charge in [-0.3, -0.25) is 9.78 Å². The predicted molar refractivity (Wildman–Crippen MR) is 118 cm³/mol. The second-order valence-corrected chi connectivity index (χ2v) is 8.99. The van der Waals surface area contributed by atoms with E-state index in [2.05, 4.69) is 35.1 Å². The Hall–Kier alpha value is -3.13. The van der Waals surface area contributed by atoms with Crippen LogP contribution in [0, 0.1) is 0 Å². The van der Waals surface area contributed by atoms with Crippen LogP contribution in [0.1, 0.15) is 0 Å². The maximum absolute atomic E-state index is 12.6. The number of anilines is 3. The molecular weight excluding hydrogens is 479 g/mol. The van der Waals surface area contributed by atoms with Gasteiger partial charge in [0, 0.05) is 44.3 Å². The zero-order valence-corrected chi connectivity index (χ0v) is 18.7. The molecule has 0 atom stereocenters. The molecule has 0 aliphatic carbocycles. The molecule has 174 valence electrons. The van der Waals surface area contributed by atoms with Crippen LogP contribution in [-0.2, 0) is 4.79 Å². The maximum Gasteiger partial charge on any atom is 0.573 e. The number of hydrogen-bond donors (Lipinski definition) is 1. The molecule has 33 heavy (non-hydrogen) atoms. The second-order valence-electron chi connectivity index (χ2n) is 6.79. The fraction of sp³-hybridized carbons (Fsp3) is 0.316. The van der Waals surface area contributed by atoms with E-state index in [0.717, 1.165) is 5.82 Å². The van der Waals surface area contributed by atoms with Crippen LogP contribution in [0.3, 0.4) is 0 Å². The van der Waals surface area contributed by atoms with Crippen molar-refractivity contribution in [3.05, 3.63) is 42.9 Å². The molecular formula is C19H18F3N7O2S2. The van der Waals surface area contributed by atoms with Crippen molar-refractivity contribution in [1.29, 1.82) is 0 Å². The van der Waals surface area contributed by atoms with Gasteiger partial charge in [0.15, 0.2) is 4.34 Å². The molecule has 1 saturated heterocycles. The second kappa shape index (κ2) is 10.2. The van der Waals surface area contributed by atoms with Crippen molar-refractivity contribution >= 4 is 45.6 Å². The van der Waals surface area contributed by atoms with Crippen LogP contribution in [0.4, 0.5) is 29.8 Å². The molecule has 3 aromatic rings. The fourth-order valence-corrected chi connectivity index (χ4v) is 4.71. The average Bonchev–Trinajstić information content (AvgIpc) is 3.26. The largest absolute Gasteiger partial charge is 0.573 e. The third kappa shape index (κ3) is 6.68. The smallest absolute Gasteiger partial charge is 0.406 e. The Labute approximate surface area is 195 Å². The number of nitrogens with zero attached hydrogens (tertiary/aromatic N) is 6. The molecule has 1 aliphatic rings. The van der Waals surface area contributed by atoms with Gasteiger partial charge in [-0.25, -0.2) is 4.98 Å². The normalized spacial score (nSPS) is 14.3. The van der Waals surface area contributed by atoms with Crippen LogP contribution < -0.4 is 15.0 Å². The first-order chi connectivity index (χ1) is 15.9. The lowest BCUT2D eigenvalue weighted by Crippen LogP contribution is -2.49. The van der Waals surface area contributed by atoms with E-state index in [1.807, 2.05) is 4.90 Å². The van der Waals surface area contributed by atoms with Crippen LogP contribution >= 0.6 is 23.1 Å². The van der Waals surface area contributed by atoms with Crippen LogP contribution in [0.15, 0.2) is 47.2 Å². The molecule has 3 heterocycles. The van der Waals surface area contributed by atoms with Crippen molar-refractivity contribution in [2.24, 2.45) is 0 Å². The van der Waals surface area contributed by atoms with Gasteiger partial charge in [0.05, 0.1) is 11.9 Å². The molecule has 0 saturated carbocycles. The van der Waals surface area contributed by atoms with Crippen molar-refractivity contribution in [2.45, 2.75) is 10.7 Å². The van der Waals surface area contributed by atoms with E-state index in [1.54, 1.807) is 18.6 Å². The predicted octanol–water partition coefficient (Wildman–Crippen LogP) is 3.41. The van der Waals surface area contributed by atoms with Crippen LogP contribution in [0.5, 0.6) is 5.75 Å². The molecule has 9 nitrogen and oxygen atoms in total. The number of piperazine rings is 1.